The Morgan fingerprint density at radius 1 is 1.06 bits per heavy atom. The Hall–Kier alpha value is -3.51. The van der Waals surface area contributed by atoms with Crippen LogP contribution in [0.3, 0.4) is 0 Å². The first kappa shape index (κ1) is 24.8. The molecular formula is C20H23N3O8S. The molecule has 0 saturated carbocycles. The van der Waals surface area contributed by atoms with Crippen LogP contribution in [0.25, 0.3) is 0 Å². The van der Waals surface area contributed by atoms with Gasteiger partial charge in [-0.2, -0.15) is 4.72 Å². The fourth-order valence-corrected chi connectivity index (χ4v) is 3.87. The number of nitro benzene ring substituents is 1. The number of nitrogens with zero attached hydrogens (tertiary/aromatic N) is 1. The summed E-state index contributed by atoms with van der Waals surface area (Å²) in [6, 6.07) is 9.47. The van der Waals surface area contributed by atoms with Crippen molar-refractivity contribution >= 4 is 33.3 Å². The number of hydrogen-bond acceptors (Lipinski definition) is 8. The second-order valence-electron chi connectivity index (χ2n) is 6.98. The molecule has 0 aliphatic heterocycles. The number of anilines is 1. The standard InChI is InChI=1S/C20H23N3O8S/c1-13(2)19(22-32(28,29)17-10-8-16(30-3)9-11-17)20(25)31-12-18(24)21-14-4-6-15(7-5-14)23(26)27/h4-11,13,19,22H,12H2,1-3H3,(H,21,24)/t19-/m0/s1. The highest BCUT2D eigenvalue weighted by Gasteiger charge is 2.30. The lowest BCUT2D eigenvalue weighted by Crippen LogP contribution is -2.45. The van der Waals surface area contributed by atoms with E-state index in [1.54, 1.807) is 13.8 Å². The number of methoxy groups -OCH3 is 1. The fraction of sp³-hybridized carbons (Fsp3) is 0.300. The molecule has 0 aliphatic carbocycles. The zero-order valence-electron chi connectivity index (χ0n) is 17.6. The molecule has 2 rings (SSSR count). The van der Waals surface area contributed by atoms with Gasteiger partial charge in [-0.1, -0.05) is 13.8 Å². The van der Waals surface area contributed by atoms with Gasteiger partial charge in [0.25, 0.3) is 11.6 Å². The molecule has 0 radical (unpaired) electrons. The maximum absolute atomic E-state index is 12.6. The van der Waals surface area contributed by atoms with Crippen molar-refractivity contribution in [3.63, 3.8) is 0 Å². The molecule has 0 bridgehead atoms. The van der Waals surface area contributed by atoms with E-state index >= 15 is 0 Å². The number of sulfonamides is 1. The van der Waals surface area contributed by atoms with Crippen LogP contribution in [0.2, 0.25) is 0 Å². The van der Waals surface area contributed by atoms with Crippen LogP contribution in [0.5, 0.6) is 5.75 Å². The van der Waals surface area contributed by atoms with Crippen molar-refractivity contribution in [3.8, 4) is 5.75 Å². The van der Waals surface area contributed by atoms with E-state index in [-0.39, 0.29) is 16.3 Å². The molecule has 172 valence electrons. The predicted octanol–water partition coefficient (Wildman–Crippen LogP) is 2.09. The van der Waals surface area contributed by atoms with E-state index in [2.05, 4.69) is 10.0 Å². The monoisotopic (exact) mass is 465 g/mol. The molecule has 12 heteroatoms. The van der Waals surface area contributed by atoms with Gasteiger partial charge in [0, 0.05) is 17.8 Å². The number of esters is 1. The number of benzene rings is 2. The van der Waals surface area contributed by atoms with Crippen LogP contribution in [0.1, 0.15) is 13.8 Å². The summed E-state index contributed by atoms with van der Waals surface area (Å²) < 4.78 is 37.5. The van der Waals surface area contributed by atoms with Gasteiger partial charge in [-0.25, -0.2) is 8.42 Å². The average molecular weight is 465 g/mol. The molecule has 2 aromatic carbocycles. The smallest absolute Gasteiger partial charge is 0.324 e. The number of amides is 1. The number of ether oxygens (including phenoxy) is 2. The van der Waals surface area contributed by atoms with Gasteiger partial charge < -0.3 is 14.8 Å². The highest BCUT2D eigenvalue weighted by atomic mass is 32.2. The summed E-state index contributed by atoms with van der Waals surface area (Å²) in [5, 5.41) is 13.1. The van der Waals surface area contributed by atoms with E-state index in [1.807, 2.05) is 0 Å². The lowest BCUT2D eigenvalue weighted by molar-refractivity contribution is -0.384. The van der Waals surface area contributed by atoms with Crippen LogP contribution in [-0.2, 0) is 24.3 Å². The first-order valence-electron chi connectivity index (χ1n) is 9.41. The number of rotatable bonds is 10. The summed E-state index contributed by atoms with van der Waals surface area (Å²) in [7, 11) is -2.59. The van der Waals surface area contributed by atoms with E-state index < -0.39 is 45.4 Å². The Kier molecular flexibility index (Phi) is 8.27. The van der Waals surface area contributed by atoms with Crippen LogP contribution >= 0.6 is 0 Å². The van der Waals surface area contributed by atoms with Gasteiger partial charge in [0.1, 0.15) is 11.8 Å². The second kappa shape index (κ2) is 10.7. The van der Waals surface area contributed by atoms with Crippen molar-refractivity contribution in [3.05, 3.63) is 58.6 Å². The van der Waals surface area contributed by atoms with E-state index in [4.69, 9.17) is 9.47 Å². The molecule has 0 heterocycles. The Bertz CT molecular complexity index is 1070. The maximum atomic E-state index is 12.6. The fourth-order valence-electron chi connectivity index (χ4n) is 2.54. The van der Waals surface area contributed by atoms with Crippen molar-refractivity contribution < 1.29 is 32.4 Å². The normalized spacial score (nSPS) is 12.1. The lowest BCUT2D eigenvalue weighted by atomic mass is 10.1. The molecule has 0 aromatic heterocycles. The third-order valence-electron chi connectivity index (χ3n) is 4.28. The largest absolute Gasteiger partial charge is 0.497 e. The third kappa shape index (κ3) is 6.75. The van der Waals surface area contributed by atoms with Crippen molar-refractivity contribution in [1.29, 1.82) is 0 Å². The van der Waals surface area contributed by atoms with Crippen LogP contribution in [0.4, 0.5) is 11.4 Å². The summed E-state index contributed by atoms with van der Waals surface area (Å²) in [6.07, 6.45) is 0. The van der Waals surface area contributed by atoms with Crippen LogP contribution in [0, 0.1) is 16.0 Å². The molecule has 1 amide bonds. The molecule has 0 aliphatic rings. The number of non-ortho nitro benzene ring substituents is 1. The molecule has 0 spiro atoms. The minimum Gasteiger partial charge on any atom is -0.497 e. The number of nitro groups is 1. The third-order valence-corrected chi connectivity index (χ3v) is 5.74. The van der Waals surface area contributed by atoms with E-state index in [0.29, 0.717) is 5.75 Å². The van der Waals surface area contributed by atoms with E-state index in [1.165, 1.54) is 55.6 Å². The van der Waals surface area contributed by atoms with Gasteiger partial charge in [0.15, 0.2) is 6.61 Å². The van der Waals surface area contributed by atoms with Crippen LogP contribution in [0.15, 0.2) is 53.4 Å². The molecule has 1 atom stereocenters. The highest BCUT2D eigenvalue weighted by Crippen LogP contribution is 2.18. The molecule has 32 heavy (non-hydrogen) atoms. The minimum absolute atomic E-state index is 0.0623. The van der Waals surface area contributed by atoms with Gasteiger partial charge >= 0.3 is 5.97 Å². The van der Waals surface area contributed by atoms with E-state index in [9.17, 15) is 28.1 Å². The molecule has 2 aromatic rings. The van der Waals surface area contributed by atoms with Crippen molar-refractivity contribution in [2.24, 2.45) is 5.92 Å². The average Bonchev–Trinajstić information content (AvgIpc) is 2.76. The second-order valence-corrected chi connectivity index (χ2v) is 8.69. The first-order chi connectivity index (χ1) is 15.0. The van der Waals surface area contributed by atoms with Gasteiger partial charge in [0.2, 0.25) is 10.0 Å². The Morgan fingerprint density at radius 2 is 1.66 bits per heavy atom. The molecular weight excluding hydrogens is 442 g/mol. The Labute approximate surface area is 184 Å². The van der Waals surface area contributed by atoms with Crippen LogP contribution < -0.4 is 14.8 Å². The van der Waals surface area contributed by atoms with Gasteiger partial charge in [-0.15, -0.1) is 0 Å². The van der Waals surface area contributed by atoms with Crippen LogP contribution in [-0.4, -0.2) is 45.0 Å². The summed E-state index contributed by atoms with van der Waals surface area (Å²) in [6.45, 7) is 2.59. The molecule has 0 fully saturated rings. The topological polar surface area (TPSA) is 154 Å². The van der Waals surface area contributed by atoms with E-state index in [0.717, 1.165) is 0 Å². The predicted molar refractivity (Wildman–Crippen MR) is 115 cm³/mol. The Morgan fingerprint density at radius 3 is 2.16 bits per heavy atom. The van der Waals surface area contributed by atoms with Crippen molar-refractivity contribution in [2.45, 2.75) is 24.8 Å². The molecule has 2 N–H and O–H groups in total. The van der Waals surface area contributed by atoms with Gasteiger partial charge in [0.05, 0.1) is 16.9 Å². The summed E-state index contributed by atoms with van der Waals surface area (Å²) >= 11 is 0. The number of hydrogen-bond donors (Lipinski definition) is 2. The zero-order chi connectivity index (χ0) is 23.9. The number of nitrogens with one attached hydrogen (secondary N) is 2. The Balaban J connectivity index is 1.98. The van der Waals surface area contributed by atoms with Gasteiger partial charge in [-0.3, -0.25) is 19.7 Å². The highest BCUT2D eigenvalue weighted by molar-refractivity contribution is 7.89. The number of carbonyl (C=O) groups is 2. The van der Waals surface area contributed by atoms with Gasteiger partial charge in [-0.05, 0) is 42.3 Å². The SMILES string of the molecule is COc1ccc(S(=O)(=O)N[C@H](C(=O)OCC(=O)Nc2ccc([N+](=O)[O-])cc2)C(C)C)cc1. The molecule has 0 unspecified atom stereocenters. The quantitative estimate of drug-likeness (QED) is 0.307. The van der Waals surface area contributed by atoms with Crippen molar-refractivity contribution in [1.82, 2.24) is 4.72 Å². The minimum atomic E-state index is -4.03. The first-order valence-corrected chi connectivity index (χ1v) is 10.9. The summed E-state index contributed by atoms with van der Waals surface area (Å²) in [5.41, 5.74) is 0.135. The lowest BCUT2D eigenvalue weighted by Gasteiger charge is -2.20. The summed E-state index contributed by atoms with van der Waals surface area (Å²) in [5.74, 6) is -1.60. The maximum Gasteiger partial charge on any atom is 0.324 e. The van der Waals surface area contributed by atoms with Crippen molar-refractivity contribution in [2.75, 3.05) is 19.0 Å². The molecule has 0 saturated heterocycles. The zero-order valence-corrected chi connectivity index (χ0v) is 18.4. The number of carbonyl (C=O) groups excluding carboxylic acids is 2. The summed E-state index contributed by atoms with van der Waals surface area (Å²) in [4.78, 5) is 34.5. The molecule has 11 nitrogen and oxygen atoms in total.